The molecule has 0 atom stereocenters. The van der Waals surface area contributed by atoms with Gasteiger partial charge in [-0.2, -0.15) is 0 Å². The van der Waals surface area contributed by atoms with E-state index in [0.29, 0.717) is 5.56 Å². The molecule has 1 aromatic heterocycles. The summed E-state index contributed by atoms with van der Waals surface area (Å²) < 4.78 is 0. The molecule has 2 rings (SSSR count). The molecule has 108 valence electrons. The second kappa shape index (κ2) is 6.51. The van der Waals surface area contributed by atoms with E-state index in [4.69, 9.17) is 23.2 Å². The molecule has 21 heavy (non-hydrogen) atoms. The number of non-ortho nitro benzene ring substituents is 1. The number of benzene rings is 1. The number of amides is 1. The van der Waals surface area contributed by atoms with Crippen LogP contribution in [0.3, 0.4) is 0 Å². The highest BCUT2D eigenvalue weighted by molar-refractivity contribution is 6.34. The SMILES string of the molecule is O=C(NCc1cccc([N+](=O)[O-])c1)c1nc(Cl)ccc1Cl. The van der Waals surface area contributed by atoms with Gasteiger partial charge in [0.1, 0.15) is 10.8 Å². The second-order valence-corrected chi connectivity index (χ2v) is 4.87. The fourth-order valence-electron chi connectivity index (χ4n) is 1.62. The fraction of sp³-hybridized carbons (Fsp3) is 0.0769. The molecule has 0 aliphatic carbocycles. The number of rotatable bonds is 4. The molecule has 0 aliphatic rings. The molecule has 0 bridgehead atoms. The summed E-state index contributed by atoms with van der Waals surface area (Å²) in [7, 11) is 0. The topological polar surface area (TPSA) is 85.1 Å². The lowest BCUT2D eigenvalue weighted by molar-refractivity contribution is -0.384. The van der Waals surface area contributed by atoms with Crippen molar-refractivity contribution in [3.63, 3.8) is 0 Å². The van der Waals surface area contributed by atoms with Crippen molar-refractivity contribution >= 4 is 34.8 Å². The van der Waals surface area contributed by atoms with Gasteiger partial charge in [-0.3, -0.25) is 14.9 Å². The molecular weight excluding hydrogens is 317 g/mol. The van der Waals surface area contributed by atoms with Gasteiger partial charge in [0.25, 0.3) is 11.6 Å². The number of nitrogens with zero attached hydrogens (tertiary/aromatic N) is 2. The Morgan fingerprint density at radius 2 is 2.05 bits per heavy atom. The largest absolute Gasteiger partial charge is 0.347 e. The van der Waals surface area contributed by atoms with Crippen LogP contribution in [-0.4, -0.2) is 15.8 Å². The molecular formula is C13H9Cl2N3O3. The first kappa shape index (κ1) is 15.2. The third kappa shape index (κ3) is 3.90. The Hall–Kier alpha value is -2.18. The summed E-state index contributed by atoms with van der Waals surface area (Å²) in [6, 6.07) is 8.92. The molecule has 0 saturated carbocycles. The van der Waals surface area contributed by atoms with Crippen LogP contribution < -0.4 is 5.32 Å². The highest BCUT2D eigenvalue weighted by atomic mass is 35.5. The van der Waals surface area contributed by atoms with Gasteiger partial charge < -0.3 is 5.32 Å². The van der Waals surface area contributed by atoms with Crippen LogP contribution in [0.25, 0.3) is 0 Å². The van der Waals surface area contributed by atoms with Crippen LogP contribution in [0.4, 0.5) is 5.69 Å². The summed E-state index contributed by atoms with van der Waals surface area (Å²) in [5, 5.41) is 13.6. The van der Waals surface area contributed by atoms with Crippen molar-refractivity contribution in [2.45, 2.75) is 6.54 Å². The third-order valence-corrected chi connectivity index (χ3v) is 3.12. The van der Waals surface area contributed by atoms with Gasteiger partial charge in [0.2, 0.25) is 0 Å². The standard InChI is InChI=1S/C13H9Cl2N3O3/c14-10-4-5-11(15)17-12(10)13(19)16-7-8-2-1-3-9(6-8)18(20)21/h1-6H,7H2,(H,16,19). The molecule has 0 saturated heterocycles. The van der Waals surface area contributed by atoms with Crippen LogP contribution in [0.1, 0.15) is 16.1 Å². The molecule has 1 heterocycles. The Bertz CT molecular complexity index is 707. The highest BCUT2D eigenvalue weighted by Gasteiger charge is 2.13. The summed E-state index contributed by atoms with van der Waals surface area (Å²) in [6.45, 7) is 0.116. The first-order valence-corrected chi connectivity index (χ1v) is 6.56. The quantitative estimate of drug-likeness (QED) is 0.531. The fourth-order valence-corrected chi connectivity index (χ4v) is 1.96. The minimum absolute atomic E-state index is 0.00889. The molecule has 0 spiro atoms. The highest BCUT2D eigenvalue weighted by Crippen LogP contribution is 2.17. The van der Waals surface area contributed by atoms with Crippen LogP contribution in [0.2, 0.25) is 10.2 Å². The number of aromatic nitrogens is 1. The number of nitrogens with one attached hydrogen (secondary N) is 1. The normalized spacial score (nSPS) is 10.2. The van der Waals surface area contributed by atoms with Gasteiger partial charge in [-0.05, 0) is 17.7 Å². The van der Waals surface area contributed by atoms with Crippen LogP contribution in [0.5, 0.6) is 0 Å². The van der Waals surface area contributed by atoms with Crippen molar-refractivity contribution in [1.29, 1.82) is 0 Å². The number of hydrogen-bond acceptors (Lipinski definition) is 4. The van der Waals surface area contributed by atoms with Crippen molar-refractivity contribution in [2.75, 3.05) is 0 Å². The van der Waals surface area contributed by atoms with Crippen molar-refractivity contribution in [1.82, 2.24) is 10.3 Å². The van der Waals surface area contributed by atoms with Crippen LogP contribution in [0.15, 0.2) is 36.4 Å². The molecule has 0 aliphatic heterocycles. The van der Waals surface area contributed by atoms with Gasteiger partial charge in [0.15, 0.2) is 0 Å². The van der Waals surface area contributed by atoms with Crippen LogP contribution in [0, 0.1) is 10.1 Å². The molecule has 0 unspecified atom stereocenters. The van der Waals surface area contributed by atoms with Crippen molar-refractivity contribution in [2.24, 2.45) is 0 Å². The molecule has 1 amide bonds. The summed E-state index contributed by atoms with van der Waals surface area (Å²) in [6.07, 6.45) is 0. The summed E-state index contributed by atoms with van der Waals surface area (Å²) in [5.41, 5.74) is 0.561. The predicted molar refractivity (Wildman–Crippen MR) is 78.5 cm³/mol. The predicted octanol–water partition coefficient (Wildman–Crippen LogP) is 3.23. The first-order valence-electron chi connectivity index (χ1n) is 5.81. The van der Waals surface area contributed by atoms with E-state index in [1.54, 1.807) is 12.1 Å². The lowest BCUT2D eigenvalue weighted by Crippen LogP contribution is -2.24. The van der Waals surface area contributed by atoms with Gasteiger partial charge in [-0.1, -0.05) is 35.3 Å². The van der Waals surface area contributed by atoms with E-state index in [-0.39, 0.29) is 28.1 Å². The summed E-state index contributed by atoms with van der Waals surface area (Å²) in [4.78, 5) is 26.0. The maximum Gasteiger partial charge on any atom is 0.271 e. The molecule has 8 heteroatoms. The smallest absolute Gasteiger partial charge is 0.271 e. The average Bonchev–Trinajstić information content (AvgIpc) is 2.47. The zero-order valence-electron chi connectivity index (χ0n) is 10.5. The lowest BCUT2D eigenvalue weighted by Gasteiger charge is -2.06. The Labute approximate surface area is 129 Å². The molecule has 2 aromatic rings. The number of halogens is 2. The molecule has 6 nitrogen and oxygen atoms in total. The lowest BCUT2D eigenvalue weighted by atomic mass is 10.2. The minimum atomic E-state index is -0.506. The van der Waals surface area contributed by atoms with E-state index in [2.05, 4.69) is 10.3 Å². The zero-order valence-corrected chi connectivity index (χ0v) is 12.1. The van der Waals surface area contributed by atoms with E-state index in [9.17, 15) is 14.9 Å². The first-order chi connectivity index (χ1) is 9.97. The Kier molecular flexibility index (Phi) is 4.72. The van der Waals surface area contributed by atoms with Crippen molar-refractivity contribution in [3.8, 4) is 0 Å². The van der Waals surface area contributed by atoms with E-state index in [1.165, 1.54) is 24.3 Å². The van der Waals surface area contributed by atoms with Crippen molar-refractivity contribution < 1.29 is 9.72 Å². The van der Waals surface area contributed by atoms with E-state index in [0.717, 1.165) is 0 Å². The molecule has 1 aromatic carbocycles. The Balaban J connectivity index is 2.09. The Morgan fingerprint density at radius 3 is 2.76 bits per heavy atom. The van der Waals surface area contributed by atoms with E-state index in [1.807, 2.05) is 0 Å². The average molecular weight is 326 g/mol. The number of carbonyl (C=O) groups excluding carboxylic acids is 1. The van der Waals surface area contributed by atoms with Gasteiger partial charge >= 0.3 is 0 Å². The van der Waals surface area contributed by atoms with E-state index >= 15 is 0 Å². The van der Waals surface area contributed by atoms with Crippen LogP contribution >= 0.6 is 23.2 Å². The number of nitro benzene ring substituents is 1. The second-order valence-electron chi connectivity index (χ2n) is 4.07. The maximum atomic E-state index is 12.0. The van der Waals surface area contributed by atoms with Gasteiger partial charge in [0.05, 0.1) is 9.95 Å². The monoisotopic (exact) mass is 325 g/mol. The zero-order chi connectivity index (χ0) is 15.4. The minimum Gasteiger partial charge on any atom is -0.347 e. The third-order valence-electron chi connectivity index (χ3n) is 2.60. The summed E-state index contributed by atoms with van der Waals surface area (Å²) >= 11 is 11.6. The van der Waals surface area contributed by atoms with Gasteiger partial charge in [0, 0.05) is 18.7 Å². The molecule has 0 radical (unpaired) electrons. The molecule has 1 N–H and O–H groups in total. The van der Waals surface area contributed by atoms with Crippen molar-refractivity contribution in [3.05, 3.63) is 67.9 Å². The maximum absolute atomic E-state index is 12.0. The Morgan fingerprint density at radius 1 is 1.29 bits per heavy atom. The van der Waals surface area contributed by atoms with E-state index < -0.39 is 10.8 Å². The van der Waals surface area contributed by atoms with Gasteiger partial charge in [-0.15, -0.1) is 0 Å². The summed E-state index contributed by atoms with van der Waals surface area (Å²) in [5.74, 6) is -0.506. The number of pyridine rings is 1. The number of carbonyl (C=O) groups is 1. The number of nitro groups is 1. The van der Waals surface area contributed by atoms with Crippen LogP contribution in [-0.2, 0) is 6.54 Å². The van der Waals surface area contributed by atoms with Gasteiger partial charge in [-0.25, -0.2) is 4.98 Å². The molecule has 0 fully saturated rings. The number of hydrogen-bond donors (Lipinski definition) is 1.